The zero-order valence-electron chi connectivity index (χ0n) is 18.2. The van der Waals surface area contributed by atoms with Crippen LogP contribution in [0.3, 0.4) is 0 Å². The second kappa shape index (κ2) is 10.7. The summed E-state index contributed by atoms with van der Waals surface area (Å²) in [6, 6.07) is 5.40. The van der Waals surface area contributed by atoms with Gasteiger partial charge in [0.25, 0.3) is 11.8 Å². The summed E-state index contributed by atoms with van der Waals surface area (Å²) in [6.45, 7) is -0.0260. The highest BCUT2D eigenvalue weighted by molar-refractivity contribution is 7.18. The molecule has 1 aliphatic rings. The fraction of sp³-hybridized carbons (Fsp3) is 0.381. The number of benzene rings is 1. The van der Waals surface area contributed by atoms with Gasteiger partial charge in [0.05, 0.1) is 27.1 Å². The first-order valence-electron chi connectivity index (χ1n) is 10.1. The largest absolute Gasteiger partial charge is 0.418 e. The Morgan fingerprint density at radius 1 is 1.26 bits per heavy atom. The average Bonchev–Trinajstić information content (AvgIpc) is 3.20. The Bertz CT molecular complexity index is 1080. The van der Waals surface area contributed by atoms with E-state index in [1.807, 2.05) is 0 Å². The van der Waals surface area contributed by atoms with Crippen LogP contribution in [0.25, 0.3) is 0 Å². The summed E-state index contributed by atoms with van der Waals surface area (Å²) >= 11 is 6.89. The molecule has 0 aliphatic carbocycles. The monoisotopic (exact) mass is 518 g/mol. The summed E-state index contributed by atoms with van der Waals surface area (Å²) in [5, 5.41) is 4.90. The van der Waals surface area contributed by atoms with Crippen LogP contribution >= 0.6 is 22.9 Å². The number of alkyl halides is 3. The molecule has 0 saturated carbocycles. The van der Waals surface area contributed by atoms with E-state index < -0.39 is 41.2 Å². The number of hydrogen-bond donors (Lipinski definition) is 2. The molecule has 2 aromatic rings. The van der Waals surface area contributed by atoms with Gasteiger partial charge in [-0.3, -0.25) is 19.3 Å². The van der Waals surface area contributed by atoms with Crippen molar-refractivity contribution in [2.45, 2.75) is 12.2 Å². The van der Waals surface area contributed by atoms with Crippen LogP contribution in [0.4, 0.5) is 24.5 Å². The van der Waals surface area contributed by atoms with Gasteiger partial charge in [0.2, 0.25) is 5.91 Å². The maximum Gasteiger partial charge on any atom is 0.418 e. The zero-order chi connectivity index (χ0) is 25.0. The Balaban J connectivity index is 1.77. The molecule has 1 fully saturated rings. The van der Waals surface area contributed by atoms with Crippen molar-refractivity contribution in [3.8, 4) is 0 Å². The van der Waals surface area contributed by atoms with E-state index in [-0.39, 0.29) is 32.0 Å². The molecule has 3 rings (SSSR count). The molecule has 1 aromatic carbocycles. The molecular formula is C21H22ClF3N4O4S. The fourth-order valence-corrected chi connectivity index (χ4v) is 4.23. The van der Waals surface area contributed by atoms with Crippen LogP contribution < -0.4 is 15.5 Å². The van der Waals surface area contributed by atoms with Crippen LogP contribution in [0, 0.1) is 0 Å². The third-order valence-electron chi connectivity index (χ3n) is 5.04. The highest BCUT2D eigenvalue weighted by Gasteiger charge is 2.36. The van der Waals surface area contributed by atoms with Gasteiger partial charge in [0.1, 0.15) is 12.6 Å². The molecular weight excluding hydrogens is 497 g/mol. The first-order valence-corrected chi connectivity index (χ1v) is 11.3. The van der Waals surface area contributed by atoms with Gasteiger partial charge in [-0.2, -0.15) is 13.2 Å². The van der Waals surface area contributed by atoms with E-state index in [1.165, 1.54) is 21.9 Å². The van der Waals surface area contributed by atoms with Gasteiger partial charge in [-0.05, 0) is 44.4 Å². The first-order chi connectivity index (χ1) is 16.0. The molecule has 1 aliphatic heterocycles. The van der Waals surface area contributed by atoms with Crippen LogP contribution in [-0.4, -0.2) is 69.1 Å². The van der Waals surface area contributed by atoms with Crippen molar-refractivity contribution in [3.05, 3.63) is 45.1 Å². The number of rotatable bonds is 7. The highest BCUT2D eigenvalue weighted by Crippen LogP contribution is 2.37. The van der Waals surface area contributed by atoms with E-state index in [0.717, 1.165) is 23.5 Å². The summed E-state index contributed by atoms with van der Waals surface area (Å²) in [7, 11) is 3.13. The summed E-state index contributed by atoms with van der Waals surface area (Å²) in [4.78, 5) is 40.2. The predicted octanol–water partition coefficient (Wildman–Crippen LogP) is 3.08. The van der Waals surface area contributed by atoms with Gasteiger partial charge in [0.15, 0.2) is 0 Å². The minimum Gasteiger partial charge on any atom is -0.370 e. The average molecular weight is 519 g/mol. The molecule has 1 aromatic heterocycles. The van der Waals surface area contributed by atoms with Crippen molar-refractivity contribution in [1.82, 2.24) is 10.2 Å². The third kappa shape index (κ3) is 6.26. The summed E-state index contributed by atoms with van der Waals surface area (Å²) in [6.07, 6.45) is -4.78. The van der Waals surface area contributed by atoms with Crippen LogP contribution in [0.5, 0.6) is 0 Å². The molecule has 184 valence electrons. The Kier molecular flexibility index (Phi) is 8.18. The minimum atomic E-state index is -4.78. The number of hydrogen-bond acceptors (Lipinski definition) is 6. The van der Waals surface area contributed by atoms with E-state index in [0.29, 0.717) is 9.21 Å². The number of anilines is 2. The fourth-order valence-electron chi connectivity index (χ4n) is 3.27. The molecule has 1 saturated heterocycles. The van der Waals surface area contributed by atoms with Gasteiger partial charge in [0, 0.05) is 18.8 Å². The van der Waals surface area contributed by atoms with E-state index in [1.54, 1.807) is 20.2 Å². The molecule has 2 heterocycles. The number of ether oxygens (including phenoxy) is 1. The molecule has 0 radical (unpaired) electrons. The normalized spacial score (nSPS) is 15.4. The number of morpholine rings is 1. The van der Waals surface area contributed by atoms with E-state index in [2.05, 4.69) is 10.6 Å². The molecule has 1 atom stereocenters. The molecule has 0 bridgehead atoms. The number of halogens is 4. The first kappa shape index (κ1) is 25.9. The number of carbonyl (C=O) groups excluding carboxylic acids is 3. The van der Waals surface area contributed by atoms with Crippen molar-refractivity contribution in [1.29, 1.82) is 0 Å². The quantitative estimate of drug-likeness (QED) is 0.588. The Morgan fingerprint density at radius 2 is 2.00 bits per heavy atom. The van der Waals surface area contributed by atoms with Crippen LogP contribution in [-0.2, 0) is 20.5 Å². The molecule has 0 spiro atoms. The van der Waals surface area contributed by atoms with Gasteiger partial charge in [-0.1, -0.05) is 11.6 Å². The Hall–Kier alpha value is -2.67. The number of nitrogens with one attached hydrogen (secondary N) is 2. The van der Waals surface area contributed by atoms with Crippen molar-refractivity contribution >= 4 is 52.0 Å². The predicted molar refractivity (Wildman–Crippen MR) is 122 cm³/mol. The maximum atomic E-state index is 13.8. The van der Waals surface area contributed by atoms with Gasteiger partial charge >= 0.3 is 6.18 Å². The third-order valence-corrected chi connectivity index (χ3v) is 6.27. The lowest BCUT2D eigenvalue weighted by Gasteiger charge is -2.28. The molecule has 2 N–H and O–H groups in total. The number of amides is 3. The van der Waals surface area contributed by atoms with E-state index >= 15 is 0 Å². The second-order valence-electron chi connectivity index (χ2n) is 7.61. The lowest BCUT2D eigenvalue weighted by Crippen LogP contribution is -2.47. The number of nitrogens with zero attached hydrogens (tertiary/aromatic N) is 2. The number of carbonyl (C=O) groups is 3. The van der Waals surface area contributed by atoms with Crippen molar-refractivity contribution < 1.29 is 32.3 Å². The molecule has 8 nitrogen and oxygen atoms in total. The summed E-state index contributed by atoms with van der Waals surface area (Å²) < 4.78 is 46.8. The van der Waals surface area contributed by atoms with Crippen molar-refractivity contribution in [3.63, 3.8) is 0 Å². The zero-order valence-corrected chi connectivity index (χ0v) is 19.8. The maximum absolute atomic E-state index is 13.8. The van der Waals surface area contributed by atoms with Gasteiger partial charge in [-0.15, -0.1) is 11.3 Å². The smallest absolute Gasteiger partial charge is 0.370 e. The summed E-state index contributed by atoms with van der Waals surface area (Å²) in [5.74, 6) is -1.64. The molecule has 3 amide bonds. The molecule has 34 heavy (non-hydrogen) atoms. The summed E-state index contributed by atoms with van der Waals surface area (Å²) in [5.41, 5.74) is -1.48. The van der Waals surface area contributed by atoms with Crippen molar-refractivity contribution in [2.24, 2.45) is 0 Å². The van der Waals surface area contributed by atoms with E-state index in [9.17, 15) is 27.6 Å². The number of thiophene rings is 1. The lowest BCUT2D eigenvalue weighted by atomic mass is 10.1. The number of likely N-dealkylation sites (N-methyl/N-ethyl adjacent to an activating group) is 1. The van der Waals surface area contributed by atoms with Crippen LogP contribution in [0.1, 0.15) is 15.2 Å². The Labute approximate surface area is 202 Å². The van der Waals surface area contributed by atoms with Crippen molar-refractivity contribution in [2.75, 3.05) is 50.6 Å². The molecule has 13 heteroatoms. The van der Waals surface area contributed by atoms with Gasteiger partial charge < -0.3 is 20.3 Å². The molecule has 0 unspecified atom stereocenters. The standard InChI is InChI=1S/C21H22ClF3N4O4S/c1-28(2)15(10-26-20(32)16-5-6-17(22)34-16)19(31)27-14-4-3-12(9-13(14)21(23,24)25)29-7-8-33-11-18(29)30/h3-6,9,15H,7-8,10-11H2,1-2H3,(H,26,32)(H,27,31)/t15-/m0/s1. The van der Waals surface area contributed by atoms with Crippen LogP contribution in [0.2, 0.25) is 4.34 Å². The SMILES string of the molecule is CN(C)[C@@H](CNC(=O)c1ccc(Cl)s1)C(=O)Nc1ccc(N2CCOCC2=O)cc1C(F)(F)F. The lowest BCUT2D eigenvalue weighted by molar-refractivity contribution is -0.137. The minimum absolute atomic E-state index is 0.0599. The van der Waals surface area contributed by atoms with E-state index in [4.69, 9.17) is 16.3 Å². The van der Waals surface area contributed by atoms with Gasteiger partial charge in [-0.25, -0.2) is 0 Å². The second-order valence-corrected chi connectivity index (χ2v) is 9.32. The highest BCUT2D eigenvalue weighted by atomic mass is 35.5. The topological polar surface area (TPSA) is 91.0 Å². The Morgan fingerprint density at radius 3 is 2.59 bits per heavy atom. The van der Waals surface area contributed by atoms with Crippen LogP contribution in [0.15, 0.2) is 30.3 Å².